The molecular formula is C21H13N5. The highest BCUT2D eigenvalue weighted by atomic mass is 15.0. The normalized spacial score (nSPS) is 10.4. The van der Waals surface area contributed by atoms with Crippen LogP contribution in [0, 0.1) is 11.3 Å². The summed E-state index contributed by atoms with van der Waals surface area (Å²) in [5.41, 5.74) is 4.15. The van der Waals surface area contributed by atoms with Gasteiger partial charge in [-0.15, -0.1) is 0 Å². The summed E-state index contributed by atoms with van der Waals surface area (Å²) in [5, 5.41) is 9.92. The minimum absolute atomic E-state index is 0.521. The van der Waals surface area contributed by atoms with Crippen molar-refractivity contribution in [1.29, 1.82) is 5.26 Å². The molecule has 122 valence electrons. The van der Waals surface area contributed by atoms with Gasteiger partial charge in [0.05, 0.1) is 17.1 Å². The van der Waals surface area contributed by atoms with E-state index in [4.69, 9.17) is 5.26 Å². The SMILES string of the molecule is C=Nc1nc(-c2cccnc2)nc2ccc(-c3cccc(C#N)c3)cc12. The molecule has 0 atom stereocenters. The molecule has 0 aliphatic rings. The molecule has 0 spiro atoms. The Morgan fingerprint density at radius 1 is 0.923 bits per heavy atom. The summed E-state index contributed by atoms with van der Waals surface area (Å²) in [6.07, 6.45) is 3.43. The van der Waals surface area contributed by atoms with Crippen molar-refractivity contribution < 1.29 is 0 Å². The van der Waals surface area contributed by atoms with Crippen LogP contribution in [0.5, 0.6) is 0 Å². The van der Waals surface area contributed by atoms with Crippen LogP contribution in [0.25, 0.3) is 33.4 Å². The molecule has 0 saturated heterocycles. The number of fused-ring (bicyclic) bond motifs is 1. The van der Waals surface area contributed by atoms with Gasteiger partial charge in [-0.3, -0.25) is 4.98 Å². The highest BCUT2D eigenvalue weighted by Crippen LogP contribution is 2.30. The van der Waals surface area contributed by atoms with Crippen molar-refractivity contribution in [1.82, 2.24) is 15.0 Å². The van der Waals surface area contributed by atoms with E-state index in [-0.39, 0.29) is 0 Å². The van der Waals surface area contributed by atoms with Crippen molar-refractivity contribution >= 4 is 23.4 Å². The van der Waals surface area contributed by atoms with Gasteiger partial charge in [-0.1, -0.05) is 18.2 Å². The average Bonchev–Trinajstić information content (AvgIpc) is 2.73. The predicted molar refractivity (Wildman–Crippen MR) is 102 cm³/mol. The molecule has 0 radical (unpaired) electrons. The molecule has 26 heavy (non-hydrogen) atoms. The average molecular weight is 335 g/mol. The number of benzene rings is 2. The maximum atomic E-state index is 9.10. The van der Waals surface area contributed by atoms with Gasteiger partial charge in [-0.2, -0.15) is 5.26 Å². The van der Waals surface area contributed by atoms with Gasteiger partial charge in [0.1, 0.15) is 0 Å². The highest BCUT2D eigenvalue weighted by molar-refractivity contribution is 5.93. The summed E-state index contributed by atoms with van der Waals surface area (Å²) in [7, 11) is 0. The van der Waals surface area contributed by atoms with Gasteiger partial charge >= 0.3 is 0 Å². The van der Waals surface area contributed by atoms with Gasteiger partial charge in [0.15, 0.2) is 11.6 Å². The monoisotopic (exact) mass is 335 g/mol. The fourth-order valence-corrected chi connectivity index (χ4v) is 2.80. The summed E-state index contributed by atoms with van der Waals surface area (Å²) in [5.74, 6) is 1.08. The lowest BCUT2D eigenvalue weighted by atomic mass is 10.0. The number of hydrogen-bond acceptors (Lipinski definition) is 5. The summed E-state index contributed by atoms with van der Waals surface area (Å²) < 4.78 is 0. The Morgan fingerprint density at radius 3 is 2.54 bits per heavy atom. The molecule has 0 N–H and O–H groups in total. The molecule has 5 heteroatoms. The minimum Gasteiger partial charge on any atom is -0.264 e. The van der Waals surface area contributed by atoms with Crippen LogP contribution in [0.4, 0.5) is 5.82 Å². The van der Waals surface area contributed by atoms with Gasteiger partial charge in [-0.05, 0) is 54.2 Å². The third-order valence-corrected chi connectivity index (χ3v) is 4.07. The molecule has 2 aromatic carbocycles. The molecule has 2 aromatic heterocycles. The topological polar surface area (TPSA) is 74.8 Å². The Balaban J connectivity index is 1.89. The lowest BCUT2D eigenvalue weighted by molar-refractivity contribution is 1.19. The van der Waals surface area contributed by atoms with E-state index >= 15 is 0 Å². The Morgan fingerprint density at radius 2 is 1.77 bits per heavy atom. The number of nitriles is 1. The first-order valence-electron chi connectivity index (χ1n) is 7.98. The molecule has 2 heterocycles. The second-order valence-electron chi connectivity index (χ2n) is 5.70. The Kier molecular flexibility index (Phi) is 3.92. The molecule has 0 bridgehead atoms. The van der Waals surface area contributed by atoms with Crippen LogP contribution in [0.15, 0.2) is 72.0 Å². The lowest BCUT2D eigenvalue weighted by Crippen LogP contribution is -1.92. The molecule has 0 amide bonds. The predicted octanol–water partition coefficient (Wildman–Crippen LogP) is 4.56. The number of nitrogens with zero attached hydrogens (tertiary/aromatic N) is 5. The largest absolute Gasteiger partial charge is 0.264 e. The molecule has 4 aromatic rings. The number of aromatic nitrogens is 3. The first-order chi connectivity index (χ1) is 12.8. The Labute approximate surface area is 150 Å². The van der Waals surface area contributed by atoms with Crippen LogP contribution < -0.4 is 0 Å². The fourth-order valence-electron chi connectivity index (χ4n) is 2.80. The van der Waals surface area contributed by atoms with Crippen molar-refractivity contribution in [2.24, 2.45) is 4.99 Å². The van der Waals surface area contributed by atoms with Crippen LogP contribution >= 0.6 is 0 Å². The zero-order valence-electron chi connectivity index (χ0n) is 13.8. The van der Waals surface area contributed by atoms with Crippen molar-refractivity contribution in [3.05, 3.63) is 72.6 Å². The van der Waals surface area contributed by atoms with Gasteiger partial charge in [0.2, 0.25) is 0 Å². The van der Waals surface area contributed by atoms with Crippen LogP contribution in [-0.4, -0.2) is 21.7 Å². The highest BCUT2D eigenvalue weighted by Gasteiger charge is 2.10. The second kappa shape index (κ2) is 6.54. The molecular weight excluding hydrogens is 322 g/mol. The standard InChI is InChI=1S/C21H13N5/c1-23-21-18-11-16(15-5-2-4-14(10-15)12-22)7-8-19(18)25-20(26-21)17-6-3-9-24-13-17/h2-11,13H,1H2. The summed E-state index contributed by atoms with van der Waals surface area (Å²) in [4.78, 5) is 17.4. The lowest BCUT2D eigenvalue weighted by Gasteiger charge is -2.08. The van der Waals surface area contributed by atoms with E-state index < -0.39 is 0 Å². The van der Waals surface area contributed by atoms with Crippen molar-refractivity contribution in [3.8, 4) is 28.6 Å². The van der Waals surface area contributed by atoms with E-state index in [0.29, 0.717) is 17.2 Å². The number of aliphatic imine (C=N–C) groups is 1. The van der Waals surface area contributed by atoms with Crippen molar-refractivity contribution in [3.63, 3.8) is 0 Å². The van der Waals surface area contributed by atoms with Crippen LogP contribution in [0.3, 0.4) is 0 Å². The van der Waals surface area contributed by atoms with Crippen molar-refractivity contribution in [2.75, 3.05) is 0 Å². The fraction of sp³-hybridized carbons (Fsp3) is 0. The quantitative estimate of drug-likeness (QED) is 0.514. The number of rotatable bonds is 3. The zero-order chi connectivity index (χ0) is 17.9. The smallest absolute Gasteiger partial charge is 0.163 e. The molecule has 4 rings (SSSR count). The Bertz CT molecular complexity index is 1160. The van der Waals surface area contributed by atoms with Gasteiger partial charge in [0.25, 0.3) is 0 Å². The van der Waals surface area contributed by atoms with Crippen LogP contribution in [0.1, 0.15) is 5.56 Å². The summed E-state index contributed by atoms with van der Waals surface area (Å²) in [6, 6.07) is 19.3. The first-order valence-corrected chi connectivity index (χ1v) is 7.98. The van der Waals surface area contributed by atoms with Crippen LogP contribution in [0.2, 0.25) is 0 Å². The van der Waals surface area contributed by atoms with Gasteiger partial charge < -0.3 is 0 Å². The molecule has 0 saturated carbocycles. The van der Waals surface area contributed by atoms with E-state index in [9.17, 15) is 0 Å². The third-order valence-electron chi connectivity index (χ3n) is 4.07. The summed E-state index contributed by atoms with van der Waals surface area (Å²) in [6.45, 7) is 3.65. The molecule has 0 unspecified atom stereocenters. The van der Waals surface area contributed by atoms with E-state index in [1.807, 2.05) is 48.5 Å². The van der Waals surface area contributed by atoms with E-state index in [0.717, 1.165) is 27.6 Å². The van der Waals surface area contributed by atoms with E-state index in [2.05, 4.69) is 32.7 Å². The zero-order valence-corrected chi connectivity index (χ0v) is 13.8. The maximum absolute atomic E-state index is 9.10. The van der Waals surface area contributed by atoms with Gasteiger partial charge in [-0.25, -0.2) is 15.0 Å². The van der Waals surface area contributed by atoms with Crippen LogP contribution in [-0.2, 0) is 0 Å². The van der Waals surface area contributed by atoms with E-state index in [1.165, 1.54) is 0 Å². The summed E-state index contributed by atoms with van der Waals surface area (Å²) >= 11 is 0. The minimum atomic E-state index is 0.521. The first kappa shape index (κ1) is 15.6. The second-order valence-corrected chi connectivity index (χ2v) is 5.70. The number of pyridine rings is 1. The molecule has 5 nitrogen and oxygen atoms in total. The third kappa shape index (κ3) is 2.80. The maximum Gasteiger partial charge on any atom is 0.163 e. The van der Waals surface area contributed by atoms with Crippen molar-refractivity contribution in [2.45, 2.75) is 0 Å². The molecule has 0 aliphatic carbocycles. The molecule has 0 fully saturated rings. The Hall–Kier alpha value is -3.91. The number of hydrogen-bond donors (Lipinski definition) is 0. The van der Waals surface area contributed by atoms with Gasteiger partial charge in [0, 0.05) is 23.3 Å². The van der Waals surface area contributed by atoms with E-state index in [1.54, 1.807) is 18.5 Å². The molecule has 0 aliphatic heterocycles.